The summed E-state index contributed by atoms with van der Waals surface area (Å²) in [5.74, 6) is 1.19. The Morgan fingerprint density at radius 2 is 1.93 bits per heavy atom. The molecule has 0 aliphatic rings. The van der Waals surface area contributed by atoms with Gasteiger partial charge >= 0.3 is 0 Å². The molecule has 0 atom stereocenters. The second-order valence-electron chi connectivity index (χ2n) is 2.76. The van der Waals surface area contributed by atoms with Crippen molar-refractivity contribution < 1.29 is 9.47 Å². The topological polar surface area (TPSA) is 42.2 Å². The van der Waals surface area contributed by atoms with Crippen LogP contribution in [-0.2, 0) is 0 Å². The van der Waals surface area contributed by atoms with Crippen molar-refractivity contribution in [3.8, 4) is 17.6 Å². The van der Waals surface area contributed by atoms with Crippen LogP contribution >= 0.6 is 22.6 Å². The molecule has 15 heavy (non-hydrogen) atoms. The van der Waals surface area contributed by atoms with Gasteiger partial charge in [-0.2, -0.15) is 5.26 Å². The first-order valence-electron chi connectivity index (χ1n) is 4.72. The molecule has 0 amide bonds. The number of rotatable bonds is 4. The van der Waals surface area contributed by atoms with Gasteiger partial charge in [-0.3, -0.25) is 0 Å². The van der Waals surface area contributed by atoms with Crippen molar-refractivity contribution in [2.45, 2.75) is 13.8 Å². The highest BCUT2D eigenvalue weighted by atomic mass is 127. The van der Waals surface area contributed by atoms with E-state index in [2.05, 4.69) is 28.7 Å². The van der Waals surface area contributed by atoms with Crippen molar-refractivity contribution in [1.29, 1.82) is 5.26 Å². The van der Waals surface area contributed by atoms with Gasteiger partial charge in [-0.1, -0.05) is 0 Å². The molecule has 0 bridgehead atoms. The van der Waals surface area contributed by atoms with Crippen LogP contribution in [0.15, 0.2) is 12.1 Å². The predicted octanol–water partition coefficient (Wildman–Crippen LogP) is 2.96. The summed E-state index contributed by atoms with van der Waals surface area (Å²) in [7, 11) is 0. The normalized spacial score (nSPS) is 9.47. The predicted molar refractivity (Wildman–Crippen MR) is 66.2 cm³/mol. The third-order valence-electron chi connectivity index (χ3n) is 1.73. The number of hydrogen-bond acceptors (Lipinski definition) is 3. The van der Waals surface area contributed by atoms with Crippen LogP contribution in [0.25, 0.3) is 0 Å². The van der Waals surface area contributed by atoms with E-state index in [-0.39, 0.29) is 0 Å². The van der Waals surface area contributed by atoms with E-state index < -0.39 is 0 Å². The number of benzene rings is 1. The number of nitrogens with zero attached hydrogens (tertiary/aromatic N) is 1. The Labute approximate surface area is 103 Å². The summed E-state index contributed by atoms with van der Waals surface area (Å²) in [4.78, 5) is 0. The van der Waals surface area contributed by atoms with Crippen LogP contribution in [0, 0.1) is 14.9 Å². The van der Waals surface area contributed by atoms with Crippen LogP contribution in [0.5, 0.6) is 11.5 Å². The van der Waals surface area contributed by atoms with Gasteiger partial charge in [0.15, 0.2) is 11.5 Å². The highest BCUT2D eigenvalue weighted by Gasteiger charge is 2.12. The first-order chi connectivity index (χ1) is 7.22. The molecule has 0 radical (unpaired) electrons. The Hall–Kier alpha value is -0.960. The van der Waals surface area contributed by atoms with Crippen molar-refractivity contribution >= 4 is 22.6 Å². The molecule has 1 rings (SSSR count). The van der Waals surface area contributed by atoms with E-state index in [9.17, 15) is 0 Å². The average Bonchev–Trinajstić information content (AvgIpc) is 2.22. The summed E-state index contributed by atoms with van der Waals surface area (Å²) in [6.45, 7) is 4.87. The minimum atomic E-state index is 0.521. The third kappa shape index (κ3) is 2.99. The highest BCUT2D eigenvalue weighted by Crippen LogP contribution is 2.33. The molecule has 1 aromatic carbocycles. The Kier molecular flexibility index (Phi) is 4.69. The average molecular weight is 317 g/mol. The zero-order valence-electron chi connectivity index (χ0n) is 8.71. The fourth-order valence-corrected chi connectivity index (χ4v) is 1.80. The SMILES string of the molecule is CCOc1cc(I)cc(C#N)c1OCC. The van der Waals surface area contributed by atoms with Crippen LogP contribution in [0.2, 0.25) is 0 Å². The van der Waals surface area contributed by atoms with Crippen LogP contribution in [0.1, 0.15) is 19.4 Å². The van der Waals surface area contributed by atoms with Gasteiger partial charge in [0.25, 0.3) is 0 Å². The summed E-state index contributed by atoms with van der Waals surface area (Å²) in [5.41, 5.74) is 0.521. The van der Waals surface area contributed by atoms with Crippen molar-refractivity contribution in [3.05, 3.63) is 21.3 Å². The van der Waals surface area contributed by atoms with Gasteiger partial charge in [0, 0.05) is 3.57 Å². The first kappa shape index (κ1) is 12.1. The third-order valence-corrected chi connectivity index (χ3v) is 2.35. The van der Waals surface area contributed by atoms with E-state index in [0.29, 0.717) is 30.3 Å². The van der Waals surface area contributed by atoms with Gasteiger partial charge in [0.2, 0.25) is 0 Å². The highest BCUT2D eigenvalue weighted by molar-refractivity contribution is 14.1. The minimum Gasteiger partial charge on any atom is -0.490 e. The van der Waals surface area contributed by atoms with Gasteiger partial charge in [-0.05, 0) is 48.6 Å². The summed E-state index contributed by atoms with van der Waals surface area (Å²) in [6.07, 6.45) is 0. The van der Waals surface area contributed by atoms with E-state index in [0.717, 1.165) is 3.57 Å². The van der Waals surface area contributed by atoms with Gasteiger partial charge in [0.05, 0.1) is 18.8 Å². The monoisotopic (exact) mass is 317 g/mol. The van der Waals surface area contributed by atoms with Crippen LogP contribution < -0.4 is 9.47 Å². The summed E-state index contributed by atoms with van der Waals surface area (Å²) < 4.78 is 11.8. The number of halogens is 1. The molecule has 0 aliphatic heterocycles. The van der Waals surface area contributed by atoms with Gasteiger partial charge in [-0.25, -0.2) is 0 Å². The summed E-state index contributed by atoms with van der Waals surface area (Å²) >= 11 is 2.15. The first-order valence-corrected chi connectivity index (χ1v) is 5.80. The van der Waals surface area contributed by atoms with Gasteiger partial charge in [0.1, 0.15) is 6.07 Å². The van der Waals surface area contributed by atoms with Crippen molar-refractivity contribution in [2.75, 3.05) is 13.2 Å². The maximum Gasteiger partial charge on any atom is 0.178 e. The summed E-state index contributed by atoms with van der Waals surface area (Å²) in [5, 5.41) is 8.97. The maximum atomic E-state index is 8.97. The van der Waals surface area contributed by atoms with Gasteiger partial charge < -0.3 is 9.47 Å². The lowest BCUT2D eigenvalue weighted by Crippen LogP contribution is -2.01. The van der Waals surface area contributed by atoms with Crippen LogP contribution in [-0.4, -0.2) is 13.2 Å². The molecular formula is C11H12INO2. The smallest absolute Gasteiger partial charge is 0.178 e. The Balaban J connectivity index is 3.21. The molecule has 0 saturated carbocycles. The molecule has 0 spiro atoms. The molecule has 0 N–H and O–H groups in total. The molecule has 0 aliphatic carbocycles. The number of ether oxygens (including phenoxy) is 2. The largest absolute Gasteiger partial charge is 0.490 e. The molecule has 0 fully saturated rings. The maximum absolute atomic E-state index is 8.97. The summed E-state index contributed by atoms with van der Waals surface area (Å²) in [6, 6.07) is 5.77. The molecule has 0 heterocycles. The van der Waals surface area contributed by atoms with Crippen LogP contribution in [0.3, 0.4) is 0 Å². The van der Waals surface area contributed by atoms with Crippen molar-refractivity contribution in [1.82, 2.24) is 0 Å². The Morgan fingerprint density at radius 3 is 2.47 bits per heavy atom. The molecular weight excluding hydrogens is 305 g/mol. The lowest BCUT2D eigenvalue weighted by molar-refractivity contribution is 0.287. The standard InChI is InChI=1S/C11H12INO2/c1-3-14-10-6-9(12)5-8(7-13)11(10)15-4-2/h5-6H,3-4H2,1-2H3. The zero-order chi connectivity index (χ0) is 11.3. The van der Waals surface area contributed by atoms with E-state index >= 15 is 0 Å². The van der Waals surface area contributed by atoms with E-state index in [1.165, 1.54) is 0 Å². The van der Waals surface area contributed by atoms with E-state index in [4.69, 9.17) is 14.7 Å². The molecule has 0 aromatic heterocycles. The fourth-order valence-electron chi connectivity index (χ4n) is 1.21. The molecule has 0 saturated heterocycles. The van der Waals surface area contributed by atoms with Crippen molar-refractivity contribution in [3.63, 3.8) is 0 Å². The molecule has 3 nitrogen and oxygen atoms in total. The lowest BCUT2D eigenvalue weighted by atomic mass is 10.2. The lowest BCUT2D eigenvalue weighted by Gasteiger charge is -2.12. The Morgan fingerprint density at radius 1 is 1.27 bits per heavy atom. The van der Waals surface area contributed by atoms with E-state index in [1.54, 1.807) is 6.07 Å². The number of nitriles is 1. The van der Waals surface area contributed by atoms with E-state index in [1.807, 2.05) is 19.9 Å². The quantitative estimate of drug-likeness (QED) is 0.802. The minimum absolute atomic E-state index is 0.521. The number of hydrogen-bond donors (Lipinski definition) is 0. The molecule has 0 unspecified atom stereocenters. The fraction of sp³-hybridized carbons (Fsp3) is 0.364. The second-order valence-corrected chi connectivity index (χ2v) is 4.00. The van der Waals surface area contributed by atoms with Crippen LogP contribution in [0.4, 0.5) is 0 Å². The second kappa shape index (κ2) is 5.81. The molecule has 4 heteroatoms. The zero-order valence-corrected chi connectivity index (χ0v) is 10.9. The molecule has 1 aromatic rings. The van der Waals surface area contributed by atoms with Gasteiger partial charge in [-0.15, -0.1) is 0 Å². The van der Waals surface area contributed by atoms with Crippen molar-refractivity contribution in [2.24, 2.45) is 0 Å². The molecule has 80 valence electrons. The Bertz CT molecular complexity index is 385.